The van der Waals surface area contributed by atoms with Gasteiger partial charge >= 0.3 is 5.97 Å². The molecule has 1 saturated heterocycles. The number of likely N-dealkylation sites (tertiary alicyclic amines) is 1. The number of nitrogens with one attached hydrogen (secondary N) is 1. The minimum absolute atomic E-state index is 0.0166. The number of amides is 1. The number of hydrogen-bond acceptors (Lipinski definition) is 3. The molecule has 0 radical (unpaired) electrons. The molecule has 0 aliphatic carbocycles. The lowest BCUT2D eigenvalue weighted by molar-refractivity contribution is -0.137. The molecule has 1 aromatic rings. The number of rotatable bonds is 8. The number of piperidine rings is 1. The van der Waals surface area contributed by atoms with Gasteiger partial charge in [0.05, 0.1) is 16.6 Å². The van der Waals surface area contributed by atoms with Crippen LogP contribution in [0.2, 0.25) is 10.0 Å². The van der Waals surface area contributed by atoms with Crippen LogP contribution in [-0.4, -0.2) is 48.1 Å². The predicted octanol–water partition coefficient (Wildman–Crippen LogP) is 3.23. The SMILES string of the molecule is O=C(O)CCC1CCCN(CC(=O)NCCc2cccc(Cl)c2Cl)C1. The normalized spacial score (nSPS) is 18.1. The molecular weight excluding hydrogens is 363 g/mol. The molecule has 1 atom stereocenters. The molecule has 1 aromatic carbocycles. The van der Waals surface area contributed by atoms with Gasteiger partial charge in [0.15, 0.2) is 0 Å². The molecule has 7 heteroatoms. The number of benzene rings is 1. The first-order valence-corrected chi connectivity index (χ1v) is 9.35. The van der Waals surface area contributed by atoms with E-state index in [9.17, 15) is 9.59 Å². The lowest BCUT2D eigenvalue weighted by Crippen LogP contribution is -2.43. The summed E-state index contributed by atoms with van der Waals surface area (Å²) in [5.74, 6) is -0.408. The van der Waals surface area contributed by atoms with E-state index in [0.717, 1.165) is 31.5 Å². The van der Waals surface area contributed by atoms with Gasteiger partial charge in [-0.1, -0.05) is 35.3 Å². The largest absolute Gasteiger partial charge is 0.481 e. The molecule has 0 bridgehead atoms. The standard InChI is InChI=1S/C18H24Cl2N2O3/c19-15-5-1-4-14(18(15)20)8-9-21-16(23)12-22-10-2-3-13(11-22)6-7-17(24)25/h1,4-5,13H,2-3,6-12H2,(H,21,23)(H,24,25). The molecule has 1 aliphatic heterocycles. The first-order valence-electron chi connectivity index (χ1n) is 8.59. The molecule has 2 rings (SSSR count). The molecule has 2 N–H and O–H groups in total. The maximum atomic E-state index is 12.1. The van der Waals surface area contributed by atoms with E-state index in [2.05, 4.69) is 10.2 Å². The maximum absolute atomic E-state index is 12.1. The summed E-state index contributed by atoms with van der Waals surface area (Å²) in [6.45, 7) is 2.54. The second kappa shape index (κ2) is 10.00. The summed E-state index contributed by atoms with van der Waals surface area (Å²) in [5.41, 5.74) is 0.918. The van der Waals surface area contributed by atoms with Gasteiger partial charge in [-0.15, -0.1) is 0 Å². The van der Waals surface area contributed by atoms with Crippen LogP contribution in [0, 0.1) is 5.92 Å². The Labute approximate surface area is 158 Å². The molecule has 1 unspecified atom stereocenters. The highest BCUT2D eigenvalue weighted by molar-refractivity contribution is 6.42. The van der Waals surface area contributed by atoms with Gasteiger partial charge < -0.3 is 10.4 Å². The first kappa shape index (κ1) is 20.0. The number of carboxylic acid groups (broad SMARTS) is 1. The molecule has 1 amide bonds. The van der Waals surface area contributed by atoms with Gasteiger partial charge in [-0.25, -0.2) is 0 Å². The number of hydrogen-bond donors (Lipinski definition) is 2. The van der Waals surface area contributed by atoms with E-state index in [1.807, 2.05) is 12.1 Å². The fourth-order valence-corrected chi connectivity index (χ4v) is 3.61. The Bertz CT molecular complexity index is 610. The topological polar surface area (TPSA) is 69.6 Å². The zero-order valence-electron chi connectivity index (χ0n) is 14.1. The van der Waals surface area contributed by atoms with Crippen LogP contribution in [0.15, 0.2) is 18.2 Å². The van der Waals surface area contributed by atoms with Gasteiger partial charge in [0.2, 0.25) is 5.91 Å². The molecule has 0 aromatic heterocycles. The summed E-state index contributed by atoms with van der Waals surface area (Å²) in [4.78, 5) is 24.9. The van der Waals surface area contributed by atoms with Crippen molar-refractivity contribution in [2.45, 2.75) is 32.1 Å². The summed E-state index contributed by atoms with van der Waals surface area (Å²) >= 11 is 12.1. The average molecular weight is 387 g/mol. The molecule has 1 aliphatic rings. The van der Waals surface area contributed by atoms with Crippen molar-refractivity contribution in [1.29, 1.82) is 0 Å². The molecule has 138 valence electrons. The van der Waals surface area contributed by atoms with E-state index in [1.165, 1.54) is 0 Å². The van der Waals surface area contributed by atoms with Crippen molar-refractivity contribution in [2.75, 3.05) is 26.2 Å². The number of carboxylic acids is 1. The van der Waals surface area contributed by atoms with Crippen LogP contribution < -0.4 is 5.32 Å². The summed E-state index contributed by atoms with van der Waals surface area (Å²) < 4.78 is 0. The Hall–Kier alpha value is -1.30. The van der Waals surface area contributed by atoms with Crippen LogP contribution in [0.4, 0.5) is 0 Å². The third kappa shape index (κ3) is 6.84. The molecular formula is C18H24Cl2N2O3. The van der Waals surface area contributed by atoms with E-state index in [-0.39, 0.29) is 12.3 Å². The summed E-state index contributed by atoms with van der Waals surface area (Å²) in [6, 6.07) is 5.48. The van der Waals surface area contributed by atoms with E-state index < -0.39 is 5.97 Å². The van der Waals surface area contributed by atoms with E-state index in [1.54, 1.807) is 6.07 Å². The van der Waals surface area contributed by atoms with Crippen LogP contribution >= 0.6 is 23.2 Å². The number of carbonyl (C=O) groups excluding carboxylic acids is 1. The van der Waals surface area contributed by atoms with Crippen LogP contribution in [0.25, 0.3) is 0 Å². The molecule has 25 heavy (non-hydrogen) atoms. The maximum Gasteiger partial charge on any atom is 0.303 e. The third-order valence-electron chi connectivity index (χ3n) is 4.48. The van der Waals surface area contributed by atoms with Crippen LogP contribution in [0.3, 0.4) is 0 Å². The van der Waals surface area contributed by atoms with E-state index in [0.29, 0.717) is 41.9 Å². The molecule has 0 spiro atoms. The number of halogens is 2. The lowest BCUT2D eigenvalue weighted by atomic mass is 9.93. The van der Waals surface area contributed by atoms with Crippen LogP contribution in [0.5, 0.6) is 0 Å². The summed E-state index contributed by atoms with van der Waals surface area (Å²) in [5, 5.41) is 12.8. The smallest absolute Gasteiger partial charge is 0.303 e. The zero-order chi connectivity index (χ0) is 18.2. The Balaban J connectivity index is 1.71. The van der Waals surface area contributed by atoms with Gasteiger partial charge in [-0.3, -0.25) is 14.5 Å². The van der Waals surface area contributed by atoms with Gasteiger partial charge in [-0.2, -0.15) is 0 Å². The van der Waals surface area contributed by atoms with Gasteiger partial charge in [0.1, 0.15) is 0 Å². The number of carbonyl (C=O) groups is 2. The fraction of sp³-hybridized carbons (Fsp3) is 0.556. The predicted molar refractivity (Wildman–Crippen MR) is 99.2 cm³/mol. The minimum atomic E-state index is -0.755. The highest BCUT2D eigenvalue weighted by atomic mass is 35.5. The van der Waals surface area contributed by atoms with Gasteiger partial charge in [0, 0.05) is 19.5 Å². The van der Waals surface area contributed by atoms with Gasteiger partial charge in [-0.05, 0) is 49.8 Å². The summed E-state index contributed by atoms with van der Waals surface area (Å²) in [6.07, 6.45) is 3.56. The van der Waals surface area contributed by atoms with E-state index in [4.69, 9.17) is 28.3 Å². The minimum Gasteiger partial charge on any atom is -0.481 e. The Morgan fingerprint density at radius 3 is 2.88 bits per heavy atom. The monoisotopic (exact) mass is 386 g/mol. The van der Waals surface area contributed by atoms with Crippen molar-refractivity contribution in [2.24, 2.45) is 5.92 Å². The quantitative estimate of drug-likeness (QED) is 0.719. The highest BCUT2D eigenvalue weighted by Gasteiger charge is 2.22. The molecule has 1 fully saturated rings. The Morgan fingerprint density at radius 2 is 2.12 bits per heavy atom. The summed E-state index contributed by atoms with van der Waals surface area (Å²) in [7, 11) is 0. The van der Waals surface area contributed by atoms with E-state index >= 15 is 0 Å². The molecule has 0 saturated carbocycles. The average Bonchev–Trinajstić information content (AvgIpc) is 2.57. The number of nitrogens with zero attached hydrogens (tertiary/aromatic N) is 1. The number of aliphatic carboxylic acids is 1. The second-order valence-corrected chi connectivity index (χ2v) is 7.27. The van der Waals surface area contributed by atoms with Crippen molar-refractivity contribution >= 4 is 35.1 Å². The van der Waals surface area contributed by atoms with Crippen molar-refractivity contribution in [3.63, 3.8) is 0 Å². The lowest BCUT2D eigenvalue weighted by Gasteiger charge is -2.32. The van der Waals surface area contributed by atoms with Crippen LogP contribution in [0.1, 0.15) is 31.2 Å². The van der Waals surface area contributed by atoms with Crippen molar-refractivity contribution in [1.82, 2.24) is 10.2 Å². The Morgan fingerprint density at radius 1 is 1.32 bits per heavy atom. The highest BCUT2D eigenvalue weighted by Crippen LogP contribution is 2.25. The fourth-order valence-electron chi connectivity index (χ4n) is 3.20. The van der Waals surface area contributed by atoms with Crippen molar-refractivity contribution in [3.05, 3.63) is 33.8 Å². The second-order valence-electron chi connectivity index (χ2n) is 6.49. The van der Waals surface area contributed by atoms with Crippen molar-refractivity contribution < 1.29 is 14.7 Å². The van der Waals surface area contributed by atoms with Gasteiger partial charge in [0.25, 0.3) is 0 Å². The van der Waals surface area contributed by atoms with Crippen molar-refractivity contribution in [3.8, 4) is 0 Å². The first-order chi connectivity index (χ1) is 12.0. The Kier molecular flexibility index (Phi) is 8.00. The third-order valence-corrected chi connectivity index (χ3v) is 5.34. The van der Waals surface area contributed by atoms with Crippen LogP contribution in [-0.2, 0) is 16.0 Å². The zero-order valence-corrected chi connectivity index (χ0v) is 15.7. The molecule has 1 heterocycles. The molecule has 5 nitrogen and oxygen atoms in total.